The van der Waals surface area contributed by atoms with Crippen molar-refractivity contribution >= 4 is 17.7 Å². The van der Waals surface area contributed by atoms with E-state index in [1.807, 2.05) is 31.3 Å². The zero-order valence-corrected chi connectivity index (χ0v) is 28.5. The molecule has 0 aliphatic carbocycles. The van der Waals surface area contributed by atoms with Crippen LogP contribution in [0.25, 0.3) is 0 Å². The lowest BCUT2D eigenvalue weighted by Crippen LogP contribution is -2.46. The topological polar surface area (TPSA) is 155 Å². The van der Waals surface area contributed by atoms with E-state index in [0.29, 0.717) is 44.6 Å². The van der Waals surface area contributed by atoms with E-state index in [4.69, 9.17) is 9.47 Å². The van der Waals surface area contributed by atoms with Crippen LogP contribution < -0.4 is 10.6 Å². The molecule has 266 valence electrons. The normalized spacial score (nSPS) is 22.7. The summed E-state index contributed by atoms with van der Waals surface area (Å²) in [5.74, 6) is -5.35. The molecule has 13 nitrogen and oxygen atoms in total. The summed E-state index contributed by atoms with van der Waals surface area (Å²) < 4.78 is 41.3. The van der Waals surface area contributed by atoms with Gasteiger partial charge in [-0.1, -0.05) is 37.3 Å². The van der Waals surface area contributed by atoms with Gasteiger partial charge in [-0.2, -0.15) is 5.26 Å². The van der Waals surface area contributed by atoms with E-state index in [9.17, 15) is 28.4 Å². The number of amides is 3. The third-order valence-electron chi connectivity index (χ3n) is 9.21. The Morgan fingerprint density at radius 3 is 2.73 bits per heavy atom. The number of carbonyl (C=O) groups is 3. The van der Waals surface area contributed by atoms with Gasteiger partial charge < -0.3 is 29.9 Å². The molecule has 2 aromatic rings. The Morgan fingerprint density at radius 2 is 1.98 bits per heavy atom. The Morgan fingerprint density at radius 1 is 1.18 bits per heavy atom. The maximum Gasteiger partial charge on any atom is 0.268 e. The molecule has 2 N–H and O–H groups in total. The molecule has 5 atom stereocenters. The minimum atomic E-state index is -3.15. The van der Waals surface area contributed by atoms with Crippen LogP contribution in [0, 0.1) is 17.2 Å². The number of hydrogen-bond donors (Lipinski definition) is 2. The quantitative estimate of drug-likeness (QED) is 0.288. The minimum Gasteiger partial charge on any atom is -0.376 e. The van der Waals surface area contributed by atoms with Crippen LogP contribution in [-0.4, -0.2) is 98.5 Å². The highest BCUT2D eigenvalue weighted by Gasteiger charge is 2.50. The zero-order chi connectivity index (χ0) is 35.3. The van der Waals surface area contributed by atoms with E-state index in [-0.39, 0.29) is 31.0 Å². The van der Waals surface area contributed by atoms with Crippen molar-refractivity contribution in [3.05, 3.63) is 46.8 Å². The van der Waals surface area contributed by atoms with Gasteiger partial charge in [-0.05, 0) is 49.9 Å². The lowest BCUT2D eigenvalue weighted by atomic mass is 9.99. The number of rotatable bonds is 15. The maximum absolute atomic E-state index is 13.9. The number of halogens is 2. The number of alkyl halides is 2. The molecule has 49 heavy (non-hydrogen) atoms. The number of aromatic nitrogens is 3. The fourth-order valence-electron chi connectivity index (χ4n) is 6.49. The Kier molecular flexibility index (Phi) is 11.6. The molecular weight excluding hydrogens is 638 g/mol. The molecule has 1 aromatic heterocycles. The van der Waals surface area contributed by atoms with Crippen LogP contribution in [0.5, 0.6) is 0 Å². The van der Waals surface area contributed by atoms with Gasteiger partial charge in [0.2, 0.25) is 17.7 Å². The Balaban J connectivity index is 1.09. The van der Waals surface area contributed by atoms with Crippen LogP contribution in [-0.2, 0) is 50.1 Å². The summed E-state index contributed by atoms with van der Waals surface area (Å²) in [6, 6.07) is 5.79. The van der Waals surface area contributed by atoms with Crippen LogP contribution in [0.3, 0.4) is 0 Å². The van der Waals surface area contributed by atoms with Crippen molar-refractivity contribution in [1.82, 2.24) is 35.4 Å². The number of hydrogen-bond acceptors (Lipinski definition) is 9. The van der Waals surface area contributed by atoms with Crippen molar-refractivity contribution in [3.63, 3.8) is 0 Å². The third-order valence-corrected chi connectivity index (χ3v) is 9.21. The first-order valence-electron chi connectivity index (χ1n) is 16.9. The molecule has 3 aliphatic heterocycles. The summed E-state index contributed by atoms with van der Waals surface area (Å²) >= 11 is 0. The maximum atomic E-state index is 13.9. The average Bonchev–Trinajstić information content (AvgIpc) is 3.84. The van der Waals surface area contributed by atoms with E-state index in [2.05, 4.69) is 41.7 Å². The molecule has 2 fully saturated rings. The summed E-state index contributed by atoms with van der Waals surface area (Å²) in [5.41, 5.74) is 3.69. The predicted molar refractivity (Wildman–Crippen MR) is 173 cm³/mol. The second kappa shape index (κ2) is 15.7. The predicted octanol–water partition coefficient (Wildman–Crippen LogP) is 2.52. The van der Waals surface area contributed by atoms with Crippen molar-refractivity contribution in [2.45, 2.75) is 116 Å². The number of likely N-dealkylation sites (tertiary alicyclic amines) is 1. The highest BCUT2D eigenvalue weighted by molar-refractivity contribution is 5.94. The lowest BCUT2D eigenvalue weighted by molar-refractivity contribution is -0.135. The number of nitriles is 1. The molecule has 0 saturated carbocycles. The summed E-state index contributed by atoms with van der Waals surface area (Å²) in [6.07, 6.45) is 1.95. The van der Waals surface area contributed by atoms with E-state index in [0.717, 1.165) is 34.6 Å². The van der Waals surface area contributed by atoms with Crippen LogP contribution in [0.4, 0.5) is 8.78 Å². The molecule has 3 aliphatic rings. The highest BCUT2D eigenvalue weighted by Crippen LogP contribution is 2.34. The first kappa shape index (κ1) is 36.3. The van der Waals surface area contributed by atoms with Crippen molar-refractivity contribution in [2.75, 3.05) is 19.7 Å². The number of carbonyl (C=O) groups excluding carboxylic acids is 3. The SMILES string of the molecule is CC(C)NCCC(C)OCC(C)OCc1cn(Cc2cccc3c2CN(C(=O)C[C@@H]2C[C@@H](C(=O)N4CC(F)(F)C[C@H]4C#N)NC2=O)C3)nn1. The van der Waals surface area contributed by atoms with Gasteiger partial charge in [0.05, 0.1) is 50.8 Å². The molecular formula is C34H46F2N8O5. The van der Waals surface area contributed by atoms with Gasteiger partial charge in [-0.15, -0.1) is 5.10 Å². The second-order valence-electron chi connectivity index (χ2n) is 13.7. The first-order valence-corrected chi connectivity index (χ1v) is 16.9. The summed E-state index contributed by atoms with van der Waals surface area (Å²) in [4.78, 5) is 41.5. The number of ether oxygens (including phenoxy) is 2. The Bertz CT molecular complexity index is 1540. The van der Waals surface area contributed by atoms with Gasteiger partial charge in [0.15, 0.2) is 0 Å². The monoisotopic (exact) mass is 684 g/mol. The van der Waals surface area contributed by atoms with Crippen LogP contribution in [0.15, 0.2) is 24.4 Å². The highest BCUT2D eigenvalue weighted by atomic mass is 19.3. The van der Waals surface area contributed by atoms with E-state index >= 15 is 0 Å². The average molecular weight is 685 g/mol. The molecule has 1 aromatic carbocycles. The molecule has 15 heteroatoms. The largest absolute Gasteiger partial charge is 0.376 e. The summed E-state index contributed by atoms with van der Waals surface area (Å²) in [6.45, 7) is 10.3. The lowest BCUT2D eigenvalue weighted by Gasteiger charge is -2.22. The Labute approximate surface area is 285 Å². The molecule has 3 amide bonds. The van der Waals surface area contributed by atoms with E-state index in [1.165, 1.54) is 0 Å². The minimum absolute atomic E-state index is 0.00902. The van der Waals surface area contributed by atoms with Gasteiger partial charge in [0.25, 0.3) is 5.92 Å². The van der Waals surface area contributed by atoms with Crippen molar-refractivity contribution in [1.29, 1.82) is 5.26 Å². The van der Waals surface area contributed by atoms with Crippen LogP contribution >= 0.6 is 0 Å². The van der Waals surface area contributed by atoms with Gasteiger partial charge in [0.1, 0.15) is 17.8 Å². The molecule has 2 unspecified atom stereocenters. The molecule has 0 spiro atoms. The summed E-state index contributed by atoms with van der Waals surface area (Å²) in [7, 11) is 0. The fraction of sp³-hybridized carbons (Fsp3) is 0.647. The summed E-state index contributed by atoms with van der Waals surface area (Å²) in [5, 5.41) is 23.7. The van der Waals surface area contributed by atoms with Gasteiger partial charge in [-0.3, -0.25) is 14.4 Å². The molecule has 0 radical (unpaired) electrons. The first-order chi connectivity index (χ1) is 23.3. The standard InChI is InChI=1S/C34H46F2N8O5/c1-21(2)38-9-8-22(3)48-18-23(4)49-19-27-16-43(41-40-27)15-25-7-5-6-24-14-42(17-29(24)25)31(45)11-26-10-30(39-32(26)46)33(47)44-20-34(35,36)12-28(44)13-37/h5-7,16,21-23,26,28,30,38H,8-12,14-15,17-20H2,1-4H3,(H,39,46)/t22?,23?,26-,28-,30-/m0/s1. The Hall–Kier alpha value is -4.00. The fourth-order valence-corrected chi connectivity index (χ4v) is 6.49. The zero-order valence-electron chi connectivity index (χ0n) is 28.5. The smallest absolute Gasteiger partial charge is 0.268 e. The number of nitrogens with zero attached hydrogens (tertiary/aromatic N) is 6. The van der Waals surface area contributed by atoms with Crippen molar-refractivity contribution < 1.29 is 32.6 Å². The molecule has 2 saturated heterocycles. The van der Waals surface area contributed by atoms with Crippen molar-refractivity contribution in [3.8, 4) is 6.07 Å². The molecule has 5 rings (SSSR count). The number of fused-ring (bicyclic) bond motifs is 1. The second-order valence-corrected chi connectivity index (χ2v) is 13.7. The van der Waals surface area contributed by atoms with Crippen molar-refractivity contribution in [2.24, 2.45) is 5.92 Å². The molecule has 4 heterocycles. The van der Waals surface area contributed by atoms with E-state index < -0.39 is 48.7 Å². The van der Waals surface area contributed by atoms with Crippen LogP contribution in [0.2, 0.25) is 0 Å². The van der Waals surface area contributed by atoms with Crippen LogP contribution in [0.1, 0.15) is 75.8 Å². The van der Waals surface area contributed by atoms with Gasteiger partial charge >= 0.3 is 0 Å². The molecule has 0 bridgehead atoms. The van der Waals surface area contributed by atoms with Gasteiger partial charge in [0, 0.05) is 37.9 Å². The number of benzene rings is 1. The van der Waals surface area contributed by atoms with Gasteiger partial charge in [-0.25, -0.2) is 13.5 Å². The third kappa shape index (κ3) is 9.37. The number of nitrogens with one attached hydrogen (secondary N) is 2. The van der Waals surface area contributed by atoms with E-state index in [1.54, 1.807) is 15.7 Å².